The van der Waals surface area contributed by atoms with Gasteiger partial charge in [-0.15, -0.1) is 11.3 Å². The van der Waals surface area contributed by atoms with Crippen molar-refractivity contribution >= 4 is 17.2 Å². The van der Waals surface area contributed by atoms with Gasteiger partial charge in [0.25, 0.3) is 5.91 Å². The molecule has 1 atom stereocenters. The van der Waals surface area contributed by atoms with Gasteiger partial charge in [0.2, 0.25) is 0 Å². The molecule has 2 rings (SSSR count). The van der Waals surface area contributed by atoms with Crippen molar-refractivity contribution in [3.63, 3.8) is 0 Å². The van der Waals surface area contributed by atoms with E-state index in [9.17, 15) is 9.18 Å². The molecular weight excluding hydrogens is 265 g/mol. The Balaban J connectivity index is 2.19. The summed E-state index contributed by atoms with van der Waals surface area (Å²) < 4.78 is 13.6. The smallest absolute Gasteiger partial charge is 0.272 e. The molecule has 1 N–H and O–H groups in total. The Kier molecular flexibility index (Phi) is 3.88. The van der Waals surface area contributed by atoms with Crippen LogP contribution in [0.15, 0.2) is 29.6 Å². The van der Waals surface area contributed by atoms with Crippen LogP contribution in [-0.4, -0.2) is 10.9 Å². The summed E-state index contributed by atoms with van der Waals surface area (Å²) in [5.41, 5.74) is 0.379. The van der Waals surface area contributed by atoms with E-state index in [1.807, 2.05) is 6.07 Å². The lowest BCUT2D eigenvalue weighted by Gasteiger charge is -2.11. The van der Waals surface area contributed by atoms with Crippen molar-refractivity contribution in [3.8, 4) is 6.07 Å². The monoisotopic (exact) mass is 275 g/mol. The maximum atomic E-state index is 13.6. The van der Waals surface area contributed by atoms with Crippen LogP contribution in [0, 0.1) is 24.1 Å². The number of hydrogen-bond acceptors (Lipinski definition) is 4. The largest absolute Gasteiger partial charge is 0.331 e. The summed E-state index contributed by atoms with van der Waals surface area (Å²) in [6, 6.07) is 6.70. The third-order valence-corrected chi connectivity index (χ3v) is 3.25. The molecule has 4 nitrogen and oxygen atoms in total. The number of nitriles is 1. The van der Waals surface area contributed by atoms with E-state index >= 15 is 0 Å². The molecule has 0 saturated carbocycles. The number of halogens is 1. The molecule has 0 unspecified atom stereocenters. The molecule has 1 amide bonds. The number of carbonyl (C=O) groups is 1. The number of aromatic nitrogens is 1. The van der Waals surface area contributed by atoms with E-state index in [2.05, 4.69) is 10.3 Å². The molecule has 0 aliphatic rings. The van der Waals surface area contributed by atoms with Gasteiger partial charge >= 0.3 is 0 Å². The van der Waals surface area contributed by atoms with Crippen LogP contribution in [0.2, 0.25) is 0 Å². The summed E-state index contributed by atoms with van der Waals surface area (Å²) in [5.74, 6) is -1.01. The molecular formula is C13H10FN3OS. The Morgan fingerprint density at radius 3 is 2.84 bits per heavy atom. The van der Waals surface area contributed by atoms with Gasteiger partial charge in [-0.05, 0) is 13.0 Å². The van der Waals surface area contributed by atoms with Gasteiger partial charge in [-0.1, -0.05) is 18.2 Å². The number of aryl methyl sites for hydroxylation is 1. The number of rotatable bonds is 3. The number of nitrogens with zero attached hydrogens (tertiary/aromatic N) is 2. The third kappa shape index (κ3) is 2.95. The highest BCUT2D eigenvalue weighted by Gasteiger charge is 2.19. The maximum Gasteiger partial charge on any atom is 0.272 e. The van der Waals surface area contributed by atoms with Gasteiger partial charge in [-0.25, -0.2) is 9.37 Å². The average molecular weight is 275 g/mol. The number of nitrogens with one attached hydrogen (secondary N) is 1. The van der Waals surface area contributed by atoms with Crippen molar-refractivity contribution in [1.29, 1.82) is 5.26 Å². The van der Waals surface area contributed by atoms with E-state index in [-0.39, 0.29) is 11.3 Å². The fourth-order valence-electron chi connectivity index (χ4n) is 1.56. The number of benzene rings is 1. The molecule has 0 spiro atoms. The Bertz CT molecular complexity index is 647. The molecule has 1 heterocycles. The summed E-state index contributed by atoms with van der Waals surface area (Å²) in [7, 11) is 0. The third-order valence-electron chi connectivity index (χ3n) is 2.47. The summed E-state index contributed by atoms with van der Waals surface area (Å²) in [6.07, 6.45) is 0. The molecule has 0 saturated heterocycles. The van der Waals surface area contributed by atoms with Gasteiger partial charge < -0.3 is 5.32 Å². The topological polar surface area (TPSA) is 65.8 Å². The first-order chi connectivity index (χ1) is 9.11. The predicted octanol–water partition coefficient (Wildman–Crippen LogP) is 2.59. The maximum absolute atomic E-state index is 13.6. The van der Waals surface area contributed by atoms with Gasteiger partial charge in [0, 0.05) is 10.9 Å². The van der Waals surface area contributed by atoms with Crippen LogP contribution in [0.25, 0.3) is 0 Å². The predicted molar refractivity (Wildman–Crippen MR) is 69.1 cm³/mol. The lowest BCUT2D eigenvalue weighted by atomic mass is 10.1. The van der Waals surface area contributed by atoms with Gasteiger partial charge in [0.15, 0.2) is 0 Å². The van der Waals surface area contributed by atoms with Crippen LogP contribution in [0.5, 0.6) is 0 Å². The second kappa shape index (κ2) is 5.59. The molecule has 0 aliphatic carbocycles. The first kappa shape index (κ1) is 13.2. The Hall–Kier alpha value is -2.26. The SMILES string of the molecule is Cc1nc(C(=O)N[C@H](C#N)c2ccccc2F)cs1. The summed E-state index contributed by atoms with van der Waals surface area (Å²) in [6.45, 7) is 1.78. The first-order valence-corrected chi connectivity index (χ1v) is 6.37. The van der Waals surface area contributed by atoms with Crippen LogP contribution >= 0.6 is 11.3 Å². The van der Waals surface area contributed by atoms with Crippen LogP contribution in [0.4, 0.5) is 4.39 Å². The fourth-order valence-corrected chi connectivity index (χ4v) is 2.15. The zero-order valence-corrected chi connectivity index (χ0v) is 10.9. The number of carbonyl (C=O) groups excluding carboxylic acids is 1. The summed E-state index contributed by atoms with van der Waals surface area (Å²) in [5, 5.41) is 13.9. The van der Waals surface area contributed by atoms with E-state index < -0.39 is 17.8 Å². The highest BCUT2D eigenvalue weighted by molar-refractivity contribution is 7.09. The average Bonchev–Trinajstić information content (AvgIpc) is 2.83. The molecule has 19 heavy (non-hydrogen) atoms. The van der Waals surface area contributed by atoms with E-state index in [1.165, 1.54) is 29.5 Å². The van der Waals surface area contributed by atoms with Gasteiger partial charge in [0.1, 0.15) is 17.6 Å². The quantitative estimate of drug-likeness (QED) is 0.936. The fraction of sp³-hybridized carbons (Fsp3) is 0.154. The number of thiazole rings is 1. The van der Waals surface area contributed by atoms with Crippen molar-refractivity contribution in [2.45, 2.75) is 13.0 Å². The first-order valence-electron chi connectivity index (χ1n) is 5.49. The molecule has 96 valence electrons. The van der Waals surface area contributed by atoms with Crippen LogP contribution in [-0.2, 0) is 0 Å². The molecule has 0 radical (unpaired) electrons. The van der Waals surface area contributed by atoms with E-state index in [0.717, 1.165) is 5.01 Å². The zero-order valence-electron chi connectivity index (χ0n) is 10.1. The molecule has 6 heteroatoms. The van der Waals surface area contributed by atoms with Crippen molar-refractivity contribution < 1.29 is 9.18 Å². The molecule has 2 aromatic rings. The summed E-state index contributed by atoms with van der Waals surface area (Å²) >= 11 is 1.34. The van der Waals surface area contributed by atoms with Crippen LogP contribution in [0.1, 0.15) is 27.1 Å². The standard InChI is InChI=1S/C13H10FN3OS/c1-8-16-12(7-19-8)13(18)17-11(6-15)9-4-2-3-5-10(9)14/h2-5,7,11H,1H3,(H,17,18)/t11-/m1/s1. The second-order valence-corrected chi connectivity index (χ2v) is 4.87. The summed E-state index contributed by atoms with van der Waals surface area (Å²) in [4.78, 5) is 15.9. The number of amides is 1. The normalized spacial score (nSPS) is 11.6. The second-order valence-electron chi connectivity index (χ2n) is 3.81. The molecule has 1 aromatic carbocycles. The van der Waals surface area contributed by atoms with Crippen molar-refractivity contribution in [2.75, 3.05) is 0 Å². The molecule has 0 fully saturated rings. The minimum Gasteiger partial charge on any atom is -0.331 e. The van der Waals surface area contributed by atoms with Crippen LogP contribution in [0.3, 0.4) is 0 Å². The van der Waals surface area contributed by atoms with E-state index in [1.54, 1.807) is 18.4 Å². The number of hydrogen-bond donors (Lipinski definition) is 1. The molecule has 1 aromatic heterocycles. The lowest BCUT2D eigenvalue weighted by molar-refractivity contribution is 0.0940. The van der Waals surface area contributed by atoms with Crippen molar-refractivity contribution in [3.05, 3.63) is 51.7 Å². The van der Waals surface area contributed by atoms with E-state index in [0.29, 0.717) is 0 Å². The van der Waals surface area contributed by atoms with Crippen molar-refractivity contribution in [1.82, 2.24) is 10.3 Å². The van der Waals surface area contributed by atoms with Gasteiger partial charge in [-0.3, -0.25) is 4.79 Å². The Morgan fingerprint density at radius 2 is 2.26 bits per heavy atom. The van der Waals surface area contributed by atoms with Gasteiger partial charge in [-0.2, -0.15) is 5.26 Å². The molecule has 0 aliphatic heterocycles. The zero-order chi connectivity index (χ0) is 13.8. The minimum atomic E-state index is -1.03. The van der Waals surface area contributed by atoms with Crippen molar-refractivity contribution in [2.24, 2.45) is 0 Å². The highest BCUT2D eigenvalue weighted by Crippen LogP contribution is 2.17. The minimum absolute atomic E-state index is 0.144. The Labute approximate surface area is 113 Å². The van der Waals surface area contributed by atoms with E-state index in [4.69, 9.17) is 5.26 Å². The lowest BCUT2D eigenvalue weighted by Crippen LogP contribution is -2.28. The van der Waals surface area contributed by atoms with Gasteiger partial charge in [0.05, 0.1) is 11.1 Å². The van der Waals surface area contributed by atoms with Crippen LogP contribution < -0.4 is 5.32 Å². The molecule has 0 bridgehead atoms. The highest BCUT2D eigenvalue weighted by atomic mass is 32.1. The Morgan fingerprint density at radius 1 is 1.53 bits per heavy atom.